The second-order valence-corrected chi connectivity index (χ2v) is 11.8. The summed E-state index contributed by atoms with van der Waals surface area (Å²) < 4.78 is 28.2. The Morgan fingerprint density at radius 1 is 1.34 bits per heavy atom. The molecule has 2 N–H and O–H groups in total. The number of nitrogens with one attached hydrogen (secondary N) is 2. The Balaban J connectivity index is 1.44. The van der Waals surface area contributed by atoms with Crippen molar-refractivity contribution in [1.29, 1.82) is 0 Å². The summed E-state index contributed by atoms with van der Waals surface area (Å²) in [6.07, 6.45) is 1.32. The maximum Gasteiger partial charge on any atom is 0.252 e. The fourth-order valence-corrected chi connectivity index (χ4v) is 7.20. The van der Waals surface area contributed by atoms with Crippen LogP contribution in [0.2, 0.25) is 0 Å². The molecule has 0 saturated carbocycles. The molecule has 2 unspecified atom stereocenters. The fraction of sp³-hybridized carbons (Fsp3) is 0.368. The second-order valence-electron chi connectivity index (χ2n) is 7.13. The number of halogens is 1. The number of imidazole rings is 1. The lowest BCUT2D eigenvalue weighted by Crippen LogP contribution is -2.45. The molecule has 1 aliphatic heterocycles. The van der Waals surface area contributed by atoms with Gasteiger partial charge < -0.3 is 10.3 Å². The van der Waals surface area contributed by atoms with Crippen LogP contribution in [0.25, 0.3) is 11.0 Å². The number of hydrogen-bond acceptors (Lipinski definition) is 5. The minimum absolute atomic E-state index is 0.148. The third-order valence-corrected chi connectivity index (χ3v) is 9.03. The molecule has 1 amide bonds. The van der Waals surface area contributed by atoms with Gasteiger partial charge in [-0.05, 0) is 60.0 Å². The van der Waals surface area contributed by atoms with Gasteiger partial charge in [0.05, 0.1) is 26.8 Å². The first-order valence-electron chi connectivity index (χ1n) is 9.35. The van der Waals surface area contributed by atoms with Crippen LogP contribution in [-0.4, -0.2) is 41.7 Å². The van der Waals surface area contributed by atoms with E-state index in [0.717, 1.165) is 14.8 Å². The molecule has 4 rings (SSSR count). The van der Waals surface area contributed by atoms with Gasteiger partial charge in [0.1, 0.15) is 10.0 Å². The zero-order valence-electron chi connectivity index (χ0n) is 15.8. The summed E-state index contributed by atoms with van der Waals surface area (Å²) in [4.78, 5) is 20.6. The molecule has 0 bridgehead atoms. The number of aromatic amines is 1. The average molecular weight is 497 g/mol. The molecule has 1 aromatic carbocycles. The average Bonchev–Trinajstić information content (AvgIpc) is 3.34. The maximum absolute atomic E-state index is 12.9. The molecule has 1 saturated heterocycles. The molecule has 29 heavy (non-hydrogen) atoms. The highest BCUT2D eigenvalue weighted by Gasteiger charge is 2.34. The summed E-state index contributed by atoms with van der Waals surface area (Å²) >= 11 is 4.49. The predicted molar refractivity (Wildman–Crippen MR) is 116 cm³/mol. The van der Waals surface area contributed by atoms with E-state index in [1.807, 2.05) is 31.2 Å². The largest absolute Gasteiger partial charge is 0.346 e. The molecule has 3 heterocycles. The summed E-state index contributed by atoms with van der Waals surface area (Å²) in [5, 5.41) is 2.98. The van der Waals surface area contributed by atoms with Gasteiger partial charge in [-0.25, -0.2) is 13.4 Å². The van der Waals surface area contributed by atoms with Gasteiger partial charge >= 0.3 is 0 Å². The molecule has 0 spiro atoms. The maximum atomic E-state index is 12.9. The van der Waals surface area contributed by atoms with Crippen LogP contribution < -0.4 is 5.32 Å². The van der Waals surface area contributed by atoms with Crippen LogP contribution in [-0.2, 0) is 14.8 Å². The van der Waals surface area contributed by atoms with E-state index < -0.39 is 10.0 Å². The van der Waals surface area contributed by atoms with E-state index in [1.165, 1.54) is 15.6 Å². The van der Waals surface area contributed by atoms with Crippen molar-refractivity contribution in [1.82, 2.24) is 19.6 Å². The van der Waals surface area contributed by atoms with Crippen molar-refractivity contribution in [3.05, 3.63) is 46.0 Å². The Morgan fingerprint density at radius 2 is 2.14 bits per heavy atom. The molecule has 7 nitrogen and oxygen atoms in total. The van der Waals surface area contributed by atoms with E-state index in [4.69, 9.17) is 0 Å². The molecule has 0 aliphatic carbocycles. The smallest absolute Gasteiger partial charge is 0.252 e. The number of benzene rings is 1. The Morgan fingerprint density at radius 3 is 2.86 bits per heavy atom. The predicted octanol–water partition coefficient (Wildman–Crippen LogP) is 3.67. The fourth-order valence-electron chi connectivity index (χ4n) is 3.52. The number of carbonyl (C=O) groups excluding carboxylic acids is 1. The minimum Gasteiger partial charge on any atom is -0.346 e. The van der Waals surface area contributed by atoms with Crippen molar-refractivity contribution in [3.8, 4) is 0 Å². The summed E-state index contributed by atoms with van der Waals surface area (Å²) in [5.41, 5.74) is 1.77. The van der Waals surface area contributed by atoms with E-state index >= 15 is 0 Å². The number of aromatic nitrogens is 2. The summed E-state index contributed by atoms with van der Waals surface area (Å²) in [6, 6.07) is 10.7. The monoisotopic (exact) mass is 496 g/mol. The molecule has 2 atom stereocenters. The van der Waals surface area contributed by atoms with Gasteiger partial charge in [-0.15, -0.1) is 11.3 Å². The molecular weight excluding hydrogens is 476 g/mol. The number of amides is 1. The van der Waals surface area contributed by atoms with Crippen LogP contribution in [0.5, 0.6) is 0 Å². The van der Waals surface area contributed by atoms with Crippen LogP contribution >= 0.6 is 27.3 Å². The highest BCUT2D eigenvalue weighted by molar-refractivity contribution is 9.11. The van der Waals surface area contributed by atoms with E-state index in [0.29, 0.717) is 29.4 Å². The van der Waals surface area contributed by atoms with Crippen LogP contribution in [0.15, 0.2) is 44.4 Å². The number of H-pyrrole nitrogens is 1. The standard InChI is InChI=1S/C19H21BrN4O3S2/c1-12(18-22-14-6-2-3-7-15(14)23-18)21-19(25)13-5-4-10-24(11-13)29(26,27)17-9-8-16(20)28-17/h2-3,6-9,12-13H,4-5,10-11H2,1H3,(H,21,25)(H,22,23). The third-order valence-electron chi connectivity index (χ3n) is 5.07. The van der Waals surface area contributed by atoms with Crippen molar-refractivity contribution in [2.75, 3.05) is 13.1 Å². The number of nitrogens with zero attached hydrogens (tertiary/aromatic N) is 2. The van der Waals surface area contributed by atoms with Gasteiger partial charge in [-0.1, -0.05) is 12.1 Å². The van der Waals surface area contributed by atoms with Crippen LogP contribution in [0.3, 0.4) is 0 Å². The molecule has 1 fully saturated rings. The van der Waals surface area contributed by atoms with E-state index in [2.05, 4.69) is 31.2 Å². The lowest BCUT2D eigenvalue weighted by atomic mass is 9.98. The molecule has 2 aromatic heterocycles. The van der Waals surface area contributed by atoms with E-state index in [1.54, 1.807) is 12.1 Å². The van der Waals surface area contributed by atoms with Crippen molar-refractivity contribution >= 4 is 54.2 Å². The van der Waals surface area contributed by atoms with Gasteiger partial charge in [0.2, 0.25) is 5.91 Å². The molecule has 0 radical (unpaired) electrons. The highest BCUT2D eigenvalue weighted by atomic mass is 79.9. The van der Waals surface area contributed by atoms with Gasteiger partial charge in [-0.3, -0.25) is 4.79 Å². The Bertz CT molecular complexity index is 1110. The number of piperidine rings is 1. The highest BCUT2D eigenvalue weighted by Crippen LogP contribution is 2.31. The van der Waals surface area contributed by atoms with E-state index in [-0.39, 0.29) is 24.4 Å². The van der Waals surface area contributed by atoms with Crippen LogP contribution in [0, 0.1) is 5.92 Å². The SMILES string of the molecule is CC(NC(=O)C1CCCN(S(=O)(=O)c2ccc(Br)s2)C1)c1nc2ccccc2[nH]1. The molecular formula is C19H21BrN4O3S2. The Labute approximate surface area is 181 Å². The van der Waals surface area contributed by atoms with Gasteiger partial charge in [0, 0.05) is 13.1 Å². The molecule has 154 valence electrons. The van der Waals surface area contributed by atoms with Crippen molar-refractivity contribution in [2.45, 2.75) is 30.0 Å². The number of fused-ring (bicyclic) bond motifs is 1. The first-order chi connectivity index (χ1) is 13.8. The number of rotatable bonds is 5. The quantitative estimate of drug-likeness (QED) is 0.563. The molecule has 1 aliphatic rings. The minimum atomic E-state index is -3.58. The van der Waals surface area contributed by atoms with E-state index in [9.17, 15) is 13.2 Å². The van der Waals surface area contributed by atoms with Crippen LogP contribution in [0.4, 0.5) is 0 Å². The zero-order chi connectivity index (χ0) is 20.6. The Kier molecular flexibility index (Phi) is 5.78. The molecule has 10 heteroatoms. The van der Waals surface area contributed by atoms with Gasteiger partial charge in [0.15, 0.2) is 0 Å². The summed E-state index contributed by atoms with van der Waals surface area (Å²) in [5.74, 6) is 0.155. The van der Waals surface area contributed by atoms with Crippen molar-refractivity contribution in [3.63, 3.8) is 0 Å². The first-order valence-corrected chi connectivity index (χ1v) is 12.4. The third kappa shape index (κ3) is 4.25. The van der Waals surface area contributed by atoms with Crippen LogP contribution in [0.1, 0.15) is 31.6 Å². The number of thiophene rings is 1. The second kappa shape index (κ2) is 8.17. The number of carbonyl (C=O) groups is 1. The van der Waals surface area contributed by atoms with Crippen molar-refractivity contribution in [2.24, 2.45) is 5.92 Å². The summed E-state index contributed by atoms with van der Waals surface area (Å²) in [7, 11) is -3.58. The van der Waals surface area contributed by atoms with Gasteiger partial charge in [0.25, 0.3) is 10.0 Å². The topological polar surface area (TPSA) is 95.2 Å². The number of sulfonamides is 1. The lowest BCUT2D eigenvalue weighted by molar-refractivity contribution is -0.126. The lowest BCUT2D eigenvalue weighted by Gasteiger charge is -2.31. The molecule has 3 aromatic rings. The first kappa shape index (κ1) is 20.5. The normalized spacial score (nSPS) is 19.3. The number of hydrogen-bond donors (Lipinski definition) is 2. The van der Waals surface area contributed by atoms with Gasteiger partial charge in [-0.2, -0.15) is 4.31 Å². The number of para-hydroxylation sites is 2. The van der Waals surface area contributed by atoms with Crippen molar-refractivity contribution < 1.29 is 13.2 Å². The Hall–Kier alpha value is -1.75. The zero-order valence-corrected chi connectivity index (χ0v) is 19.0. The summed E-state index contributed by atoms with van der Waals surface area (Å²) in [6.45, 7) is 2.49.